The Bertz CT molecular complexity index is 1010. The van der Waals surface area contributed by atoms with Gasteiger partial charge in [0.25, 0.3) is 0 Å². The standard InChI is InChI=1S/C29H41N3O4/c1-20(2)36-21(3)25-11-4-5-12-26(25)27(29(33)34)32-17-15-24(19-32)35-18-7-6-10-23-14-13-22-9-8-16-30-28(22)31-23/h4-5,11-14,20-21,24,27H,6-10,15-19H2,1-3H3,(H,30,31)(H,33,34)/t21-,24+,27?/m0/s1. The van der Waals surface area contributed by atoms with Crippen LogP contribution in [0.1, 0.15) is 81.0 Å². The smallest absolute Gasteiger partial charge is 0.325 e. The molecule has 0 amide bonds. The van der Waals surface area contributed by atoms with E-state index in [1.54, 1.807) is 0 Å². The number of anilines is 1. The molecule has 0 bridgehead atoms. The van der Waals surface area contributed by atoms with Gasteiger partial charge in [0, 0.05) is 31.9 Å². The normalized spacial score (nSPS) is 19.6. The Morgan fingerprint density at radius 1 is 1.17 bits per heavy atom. The fourth-order valence-electron chi connectivity index (χ4n) is 5.39. The molecule has 1 fully saturated rings. The topological polar surface area (TPSA) is 83.9 Å². The van der Waals surface area contributed by atoms with E-state index in [1.807, 2.05) is 49.9 Å². The number of aromatic nitrogens is 1. The van der Waals surface area contributed by atoms with E-state index in [0.29, 0.717) is 19.7 Å². The van der Waals surface area contributed by atoms with Crippen molar-refractivity contribution in [3.05, 3.63) is 58.8 Å². The summed E-state index contributed by atoms with van der Waals surface area (Å²) in [5.41, 5.74) is 4.21. The minimum atomic E-state index is -0.827. The lowest BCUT2D eigenvalue weighted by atomic mass is 9.96. The molecule has 0 aliphatic carbocycles. The van der Waals surface area contributed by atoms with E-state index in [2.05, 4.69) is 17.4 Å². The van der Waals surface area contributed by atoms with Crippen molar-refractivity contribution >= 4 is 11.8 Å². The first-order chi connectivity index (χ1) is 17.4. The van der Waals surface area contributed by atoms with E-state index < -0.39 is 12.0 Å². The molecule has 3 atom stereocenters. The fraction of sp³-hybridized carbons (Fsp3) is 0.586. The summed E-state index contributed by atoms with van der Waals surface area (Å²) in [5.74, 6) is 0.229. The van der Waals surface area contributed by atoms with Crippen molar-refractivity contribution in [2.45, 2.75) is 83.6 Å². The zero-order valence-corrected chi connectivity index (χ0v) is 21.9. The molecule has 2 N–H and O–H groups in total. The summed E-state index contributed by atoms with van der Waals surface area (Å²) in [7, 11) is 0. The second-order valence-corrected chi connectivity index (χ2v) is 10.3. The van der Waals surface area contributed by atoms with Crippen molar-refractivity contribution in [3.63, 3.8) is 0 Å². The van der Waals surface area contributed by atoms with Gasteiger partial charge in [0.1, 0.15) is 11.9 Å². The molecular weight excluding hydrogens is 454 g/mol. The summed E-state index contributed by atoms with van der Waals surface area (Å²) >= 11 is 0. The molecule has 0 radical (unpaired) electrons. The highest BCUT2D eigenvalue weighted by molar-refractivity contribution is 5.76. The van der Waals surface area contributed by atoms with Crippen molar-refractivity contribution < 1.29 is 19.4 Å². The number of likely N-dealkylation sites (tertiary alicyclic amines) is 1. The summed E-state index contributed by atoms with van der Waals surface area (Å²) in [6, 6.07) is 11.4. The highest BCUT2D eigenvalue weighted by Crippen LogP contribution is 2.33. The van der Waals surface area contributed by atoms with Crippen molar-refractivity contribution in [1.82, 2.24) is 9.88 Å². The minimum absolute atomic E-state index is 0.0643. The summed E-state index contributed by atoms with van der Waals surface area (Å²) in [4.78, 5) is 19.2. The van der Waals surface area contributed by atoms with Gasteiger partial charge in [-0.1, -0.05) is 30.3 Å². The number of aryl methyl sites for hydroxylation is 2. The van der Waals surface area contributed by atoms with Crippen LogP contribution in [0.15, 0.2) is 36.4 Å². The molecule has 0 saturated carbocycles. The Kier molecular flexibility index (Phi) is 9.35. The number of fused-ring (bicyclic) bond motifs is 1. The van der Waals surface area contributed by atoms with Gasteiger partial charge in [-0.15, -0.1) is 0 Å². The quantitative estimate of drug-likeness (QED) is 0.393. The Hall–Kier alpha value is -2.48. The summed E-state index contributed by atoms with van der Waals surface area (Å²) in [5, 5.41) is 13.6. The molecule has 196 valence electrons. The molecule has 2 aliphatic heterocycles. The summed E-state index contributed by atoms with van der Waals surface area (Å²) in [6.45, 7) is 9.02. The summed E-state index contributed by atoms with van der Waals surface area (Å²) < 4.78 is 12.1. The first-order valence-corrected chi connectivity index (χ1v) is 13.5. The Labute approximate surface area is 215 Å². The number of aliphatic carboxylic acids is 1. The van der Waals surface area contributed by atoms with Crippen LogP contribution in [0.4, 0.5) is 5.82 Å². The van der Waals surface area contributed by atoms with Crippen LogP contribution in [0.25, 0.3) is 0 Å². The molecule has 4 rings (SSSR count). The maximum atomic E-state index is 12.4. The van der Waals surface area contributed by atoms with Gasteiger partial charge in [-0.25, -0.2) is 4.98 Å². The monoisotopic (exact) mass is 495 g/mol. The van der Waals surface area contributed by atoms with Gasteiger partial charge in [-0.3, -0.25) is 9.69 Å². The molecule has 2 aromatic rings. The number of carbonyl (C=O) groups is 1. The van der Waals surface area contributed by atoms with Gasteiger partial charge in [0.2, 0.25) is 0 Å². The van der Waals surface area contributed by atoms with Crippen LogP contribution in [0.2, 0.25) is 0 Å². The Morgan fingerprint density at radius 3 is 2.75 bits per heavy atom. The lowest BCUT2D eigenvalue weighted by Crippen LogP contribution is -2.34. The van der Waals surface area contributed by atoms with Gasteiger partial charge in [0.15, 0.2) is 0 Å². The maximum absolute atomic E-state index is 12.4. The van der Waals surface area contributed by atoms with Crippen LogP contribution in [0, 0.1) is 0 Å². The lowest BCUT2D eigenvalue weighted by molar-refractivity contribution is -0.143. The molecule has 3 heterocycles. The number of nitrogens with one attached hydrogen (secondary N) is 1. The number of unbranched alkanes of at least 4 members (excludes halogenated alkanes) is 1. The van der Waals surface area contributed by atoms with Crippen LogP contribution >= 0.6 is 0 Å². The SMILES string of the molecule is CC(C)O[C@@H](C)c1ccccc1C(C(=O)O)N1CC[C@@H](OCCCCc2ccc3c(n2)NCCC3)C1. The predicted octanol–water partition coefficient (Wildman–Crippen LogP) is 5.17. The van der Waals surface area contributed by atoms with Crippen LogP contribution in [0.3, 0.4) is 0 Å². The Morgan fingerprint density at radius 2 is 1.97 bits per heavy atom. The average Bonchev–Trinajstić information content (AvgIpc) is 3.31. The van der Waals surface area contributed by atoms with Crippen LogP contribution in [-0.4, -0.2) is 59.4 Å². The number of carboxylic acids is 1. The predicted molar refractivity (Wildman–Crippen MR) is 141 cm³/mol. The second kappa shape index (κ2) is 12.7. The van der Waals surface area contributed by atoms with Gasteiger partial charge < -0.3 is 19.9 Å². The van der Waals surface area contributed by atoms with Crippen LogP contribution < -0.4 is 5.32 Å². The minimum Gasteiger partial charge on any atom is -0.480 e. The third-order valence-corrected chi connectivity index (χ3v) is 7.11. The fourth-order valence-corrected chi connectivity index (χ4v) is 5.39. The number of benzene rings is 1. The zero-order valence-electron chi connectivity index (χ0n) is 21.9. The van der Waals surface area contributed by atoms with Gasteiger partial charge in [0.05, 0.1) is 18.3 Å². The molecule has 0 spiro atoms. The molecule has 7 nitrogen and oxygen atoms in total. The van der Waals surface area contributed by atoms with Crippen molar-refractivity contribution in [2.75, 3.05) is 31.6 Å². The van der Waals surface area contributed by atoms with Crippen LogP contribution in [-0.2, 0) is 27.1 Å². The first-order valence-electron chi connectivity index (χ1n) is 13.5. The number of nitrogens with zero attached hydrogens (tertiary/aromatic N) is 2. The average molecular weight is 496 g/mol. The molecule has 1 unspecified atom stereocenters. The number of ether oxygens (including phenoxy) is 2. The zero-order chi connectivity index (χ0) is 25.5. The van der Waals surface area contributed by atoms with Gasteiger partial charge >= 0.3 is 5.97 Å². The number of hydrogen-bond donors (Lipinski definition) is 2. The number of rotatable bonds is 12. The molecule has 36 heavy (non-hydrogen) atoms. The first kappa shape index (κ1) is 26.6. The van der Waals surface area contributed by atoms with Gasteiger partial charge in [-0.2, -0.15) is 0 Å². The summed E-state index contributed by atoms with van der Waals surface area (Å²) in [6.07, 6.45) is 6.05. The van der Waals surface area contributed by atoms with Crippen molar-refractivity contribution in [2.24, 2.45) is 0 Å². The number of carboxylic acid groups (broad SMARTS) is 1. The number of hydrogen-bond acceptors (Lipinski definition) is 6. The van der Waals surface area contributed by atoms with Crippen molar-refractivity contribution in [3.8, 4) is 0 Å². The van der Waals surface area contributed by atoms with E-state index in [1.165, 1.54) is 12.0 Å². The molecule has 1 aromatic carbocycles. The third-order valence-electron chi connectivity index (χ3n) is 7.11. The van der Waals surface area contributed by atoms with E-state index in [4.69, 9.17) is 14.5 Å². The van der Waals surface area contributed by atoms with Crippen LogP contribution in [0.5, 0.6) is 0 Å². The van der Waals surface area contributed by atoms with Crippen molar-refractivity contribution in [1.29, 1.82) is 0 Å². The highest BCUT2D eigenvalue weighted by atomic mass is 16.5. The number of pyridine rings is 1. The second-order valence-electron chi connectivity index (χ2n) is 10.3. The molecule has 1 saturated heterocycles. The Balaban J connectivity index is 1.26. The molecule has 2 aliphatic rings. The van der Waals surface area contributed by atoms with E-state index >= 15 is 0 Å². The largest absolute Gasteiger partial charge is 0.480 e. The van der Waals surface area contributed by atoms with E-state index in [9.17, 15) is 9.90 Å². The van der Waals surface area contributed by atoms with Gasteiger partial charge in [-0.05, 0) is 82.1 Å². The lowest BCUT2D eigenvalue weighted by Gasteiger charge is -2.28. The highest BCUT2D eigenvalue weighted by Gasteiger charge is 2.35. The maximum Gasteiger partial charge on any atom is 0.325 e. The molecular formula is C29H41N3O4. The van der Waals surface area contributed by atoms with E-state index in [0.717, 1.165) is 61.3 Å². The third kappa shape index (κ3) is 6.84. The molecule has 7 heteroatoms. The molecule has 1 aromatic heterocycles. The van der Waals surface area contributed by atoms with E-state index in [-0.39, 0.29) is 18.3 Å².